The lowest BCUT2D eigenvalue weighted by Crippen LogP contribution is -2.13. The summed E-state index contributed by atoms with van der Waals surface area (Å²) < 4.78 is 1.76. The SMILES string of the molecule is Cc1nn(C)c(C)c1NC(=O)c1ccc2[nH]ccc2c1. The van der Waals surface area contributed by atoms with Gasteiger partial charge in [-0.25, -0.2) is 0 Å². The minimum atomic E-state index is -0.118. The maximum Gasteiger partial charge on any atom is 0.255 e. The number of nitrogens with zero attached hydrogens (tertiary/aromatic N) is 2. The number of hydrogen-bond donors (Lipinski definition) is 2. The van der Waals surface area contributed by atoms with E-state index in [0.717, 1.165) is 28.0 Å². The van der Waals surface area contributed by atoms with Gasteiger partial charge in [-0.2, -0.15) is 5.10 Å². The summed E-state index contributed by atoms with van der Waals surface area (Å²) in [5.41, 5.74) is 4.21. The highest BCUT2D eigenvalue weighted by atomic mass is 16.1. The van der Waals surface area contributed by atoms with Crippen LogP contribution in [0.5, 0.6) is 0 Å². The molecule has 1 aromatic carbocycles. The number of aryl methyl sites for hydroxylation is 2. The van der Waals surface area contributed by atoms with Crippen molar-refractivity contribution in [3.63, 3.8) is 0 Å². The third-order valence-electron chi connectivity index (χ3n) is 3.56. The Balaban J connectivity index is 1.92. The van der Waals surface area contributed by atoms with Crippen molar-refractivity contribution < 1.29 is 4.79 Å². The van der Waals surface area contributed by atoms with Crippen molar-refractivity contribution in [3.8, 4) is 0 Å². The monoisotopic (exact) mass is 268 g/mol. The van der Waals surface area contributed by atoms with Crippen molar-refractivity contribution in [1.82, 2.24) is 14.8 Å². The van der Waals surface area contributed by atoms with Gasteiger partial charge in [0.15, 0.2) is 0 Å². The fourth-order valence-corrected chi connectivity index (χ4v) is 2.33. The van der Waals surface area contributed by atoms with Gasteiger partial charge in [0.1, 0.15) is 0 Å². The molecule has 1 amide bonds. The number of benzene rings is 1. The molecule has 5 heteroatoms. The predicted molar refractivity (Wildman–Crippen MR) is 78.9 cm³/mol. The smallest absolute Gasteiger partial charge is 0.255 e. The summed E-state index contributed by atoms with van der Waals surface area (Å²) in [6, 6.07) is 7.55. The van der Waals surface area contributed by atoms with Crippen LogP contribution in [0.25, 0.3) is 10.9 Å². The summed E-state index contributed by atoms with van der Waals surface area (Å²) in [4.78, 5) is 15.4. The van der Waals surface area contributed by atoms with E-state index < -0.39 is 0 Å². The van der Waals surface area contributed by atoms with Crippen LogP contribution in [-0.4, -0.2) is 20.7 Å². The van der Waals surface area contributed by atoms with Gasteiger partial charge in [-0.15, -0.1) is 0 Å². The van der Waals surface area contributed by atoms with Crippen LogP contribution in [0.2, 0.25) is 0 Å². The van der Waals surface area contributed by atoms with Crippen LogP contribution in [0, 0.1) is 13.8 Å². The third kappa shape index (κ3) is 1.97. The van der Waals surface area contributed by atoms with E-state index in [4.69, 9.17) is 0 Å². The second-order valence-electron chi connectivity index (χ2n) is 4.90. The highest BCUT2D eigenvalue weighted by molar-refractivity contribution is 6.06. The molecule has 102 valence electrons. The second-order valence-corrected chi connectivity index (χ2v) is 4.90. The van der Waals surface area contributed by atoms with Crippen molar-refractivity contribution in [2.75, 3.05) is 5.32 Å². The summed E-state index contributed by atoms with van der Waals surface area (Å²) in [6.07, 6.45) is 1.86. The quantitative estimate of drug-likeness (QED) is 0.750. The van der Waals surface area contributed by atoms with Gasteiger partial charge < -0.3 is 10.3 Å². The maximum atomic E-state index is 12.3. The first-order valence-corrected chi connectivity index (χ1v) is 6.45. The Labute approximate surface area is 116 Å². The topological polar surface area (TPSA) is 62.7 Å². The number of amides is 1. The highest BCUT2D eigenvalue weighted by Gasteiger charge is 2.14. The lowest BCUT2D eigenvalue weighted by atomic mass is 10.1. The maximum absolute atomic E-state index is 12.3. The van der Waals surface area contributed by atoms with E-state index >= 15 is 0 Å². The van der Waals surface area contributed by atoms with Crippen molar-refractivity contribution in [3.05, 3.63) is 47.4 Å². The summed E-state index contributed by atoms with van der Waals surface area (Å²) in [7, 11) is 1.86. The van der Waals surface area contributed by atoms with Gasteiger partial charge in [-0.05, 0) is 38.1 Å². The molecule has 0 aliphatic carbocycles. The molecule has 2 aromatic heterocycles. The van der Waals surface area contributed by atoms with Gasteiger partial charge in [0, 0.05) is 29.7 Å². The van der Waals surface area contributed by atoms with E-state index in [2.05, 4.69) is 15.4 Å². The number of H-pyrrole nitrogens is 1. The average molecular weight is 268 g/mol. The fraction of sp³-hybridized carbons (Fsp3) is 0.200. The number of nitrogens with one attached hydrogen (secondary N) is 2. The largest absolute Gasteiger partial charge is 0.361 e. The molecular weight excluding hydrogens is 252 g/mol. The molecule has 0 atom stereocenters. The summed E-state index contributed by atoms with van der Waals surface area (Å²) in [5.74, 6) is -0.118. The predicted octanol–water partition coefficient (Wildman–Crippen LogP) is 2.77. The normalized spacial score (nSPS) is 10.9. The molecule has 0 unspecified atom stereocenters. The molecule has 0 aliphatic heterocycles. The third-order valence-corrected chi connectivity index (χ3v) is 3.56. The molecule has 0 radical (unpaired) electrons. The lowest BCUT2D eigenvalue weighted by Gasteiger charge is -2.06. The molecule has 2 N–H and O–H groups in total. The van der Waals surface area contributed by atoms with E-state index in [1.807, 2.05) is 51.4 Å². The van der Waals surface area contributed by atoms with Crippen molar-refractivity contribution in [2.24, 2.45) is 7.05 Å². The number of aromatic amines is 1. The van der Waals surface area contributed by atoms with Crippen LogP contribution < -0.4 is 5.32 Å². The van der Waals surface area contributed by atoms with Crippen LogP contribution in [0.4, 0.5) is 5.69 Å². The molecular formula is C15H16N4O. The molecule has 5 nitrogen and oxygen atoms in total. The van der Waals surface area contributed by atoms with Crippen molar-refractivity contribution in [1.29, 1.82) is 0 Å². The number of rotatable bonds is 2. The number of carbonyl (C=O) groups excluding carboxylic acids is 1. The second kappa shape index (κ2) is 4.52. The minimum Gasteiger partial charge on any atom is -0.361 e. The Bertz CT molecular complexity index is 797. The molecule has 3 aromatic rings. The van der Waals surface area contributed by atoms with E-state index in [9.17, 15) is 4.79 Å². The summed E-state index contributed by atoms with van der Waals surface area (Å²) in [5, 5.41) is 8.26. The van der Waals surface area contributed by atoms with Crippen LogP contribution in [0.15, 0.2) is 30.5 Å². The van der Waals surface area contributed by atoms with Gasteiger partial charge in [-0.1, -0.05) is 0 Å². The standard InChI is InChI=1S/C15H16N4O/c1-9-14(10(2)19(3)18-9)17-15(20)12-4-5-13-11(8-12)6-7-16-13/h4-8,16H,1-3H3,(H,17,20). The van der Waals surface area contributed by atoms with E-state index in [1.54, 1.807) is 4.68 Å². The van der Waals surface area contributed by atoms with E-state index in [-0.39, 0.29) is 5.91 Å². The number of fused-ring (bicyclic) bond motifs is 1. The number of aromatic nitrogens is 3. The first-order valence-electron chi connectivity index (χ1n) is 6.45. The number of hydrogen-bond acceptors (Lipinski definition) is 2. The summed E-state index contributed by atoms with van der Waals surface area (Å²) in [6.45, 7) is 3.82. The Hall–Kier alpha value is -2.56. The van der Waals surface area contributed by atoms with Crippen LogP contribution in [0.1, 0.15) is 21.7 Å². The zero-order valence-corrected chi connectivity index (χ0v) is 11.7. The molecule has 20 heavy (non-hydrogen) atoms. The summed E-state index contributed by atoms with van der Waals surface area (Å²) >= 11 is 0. The first-order chi connectivity index (χ1) is 9.56. The minimum absolute atomic E-state index is 0.118. The van der Waals surface area contributed by atoms with E-state index in [1.165, 1.54) is 0 Å². The molecule has 0 bridgehead atoms. The Morgan fingerprint density at radius 2 is 2.10 bits per heavy atom. The van der Waals surface area contributed by atoms with Gasteiger partial charge in [0.2, 0.25) is 0 Å². The first kappa shape index (κ1) is 12.5. The van der Waals surface area contributed by atoms with Gasteiger partial charge in [0.25, 0.3) is 5.91 Å². The van der Waals surface area contributed by atoms with Gasteiger partial charge in [-0.3, -0.25) is 9.48 Å². The molecule has 0 saturated heterocycles. The molecule has 0 saturated carbocycles. The number of carbonyl (C=O) groups is 1. The average Bonchev–Trinajstić information content (AvgIpc) is 2.98. The van der Waals surface area contributed by atoms with Crippen LogP contribution in [0.3, 0.4) is 0 Å². The van der Waals surface area contributed by atoms with Crippen LogP contribution in [-0.2, 0) is 7.05 Å². The Kier molecular flexibility index (Phi) is 2.82. The number of anilines is 1. The lowest BCUT2D eigenvalue weighted by molar-refractivity contribution is 0.102. The fourth-order valence-electron chi connectivity index (χ4n) is 2.33. The molecule has 0 spiro atoms. The highest BCUT2D eigenvalue weighted by Crippen LogP contribution is 2.20. The molecule has 3 rings (SSSR count). The van der Waals surface area contributed by atoms with Crippen molar-refractivity contribution >= 4 is 22.5 Å². The van der Waals surface area contributed by atoms with Crippen LogP contribution >= 0.6 is 0 Å². The van der Waals surface area contributed by atoms with Gasteiger partial charge >= 0.3 is 0 Å². The molecule has 2 heterocycles. The van der Waals surface area contributed by atoms with Crippen molar-refractivity contribution in [2.45, 2.75) is 13.8 Å². The molecule has 0 aliphatic rings. The zero-order valence-electron chi connectivity index (χ0n) is 11.7. The zero-order chi connectivity index (χ0) is 14.3. The Morgan fingerprint density at radius 1 is 1.30 bits per heavy atom. The van der Waals surface area contributed by atoms with Gasteiger partial charge in [0.05, 0.1) is 17.1 Å². The molecule has 0 fully saturated rings. The van der Waals surface area contributed by atoms with E-state index in [0.29, 0.717) is 5.56 Å². The Morgan fingerprint density at radius 3 is 2.80 bits per heavy atom.